The Balaban J connectivity index is 1.96. The van der Waals surface area contributed by atoms with Crippen LogP contribution in [-0.4, -0.2) is 5.71 Å². The topological polar surface area (TPSA) is 12.4 Å². The maximum atomic E-state index is 5.95. The Kier molecular flexibility index (Phi) is 4.89. The van der Waals surface area contributed by atoms with Crippen LogP contribution in [0.1, 0.15) is 22.3 Å². The van der Waals surface area contributed by atoms with Crippen molar-refractivity contribution in [1.29, 1.82) is 0 Å². The lowest BCUT2D eigenvalue weighted by Crippen LogP contribution is -2.04. The summed E-state index contributed by atoms with van der Waals surface area (Å²) >= 11 is 5.95. The predicted molar refractivity (Wildman–Crippen MR) is 98.4 cm³/mol. The molecule has 1 nitrogen and oxygen atoms in total. The maximum Gasteiger partial charge on any atom is 0.0723 e. The van der Waals surface area contributed by atoms with Crippen LogP contribution in [0.25, 0.3) is 0 Å². The van der Waals surface area contributed by atoms with E-state index in [4.69, 9.17) is 16.6 Å². The Morgan fingerprint density at radius 3 is 2.04 bits per heavy atom. The number of rotatable bonds is 4. The van der Waals surface area contributed by atoms with Crippen molar-refractivity contribution in [3.8, 4) is 0 Å². The summed E-state index contributed by atoms with van der Waals surface area (Å²) in [5.41, 5.74) is 5.68. The molecule has 114 valence electrons. The van der Waals surface area contributed by atoms with Crippen LogP contribution in [0.2, 0.25) is 5.02 Å². The largest absolute Gasteiger partial charge is 0.279 e. The third-order valence-electron chi connectivity index (χ3n) is 3.71. The molecule has 0 saturated heterocycles. The van der Waals surface area contributed by atoms with Gasteiger partial charge in [-0.1, -0.05) is 83.9 Å². The molecular weight excluding hydrogens is 302 g/mol. The average Bonchev–Trinajstić information content (AvgIpc) is 2.59. The van der Waals surface area contributed by atoms with Crippen molar-refractivity contribution in [1.82, 2.24) is 0 Å². The lowest BCUT2D eigenvalue weighted by Gasteiger charge is -2.08. The highest BCUT2D eigenvalue weighted by Gasteiger charge is 2.06. The predicted octanol–water partition coefficient (Wildman–Crippen LogP) is 5.69. The number of nitrogens with zero attached hydrogens (tertiary/aromatic N) is 1. The van der Waals surface area contributed by atoms with Gasteiger partial charge in [0, 0.05) is 16.1 Å². The summed E-state index contributed by atoms with van der Waals surface area (Å²) in [6.45, 7) is 2.73. The normalized spacial score (nSPS) is 11.5. The zero-order chi connectivity index (χ0) is 16.1. The van der Waals surface area contributed by atoms with E-state index in [1.807, 2.05) is 42.5 Å². The Hall–Kier alpha value is -2.38. The van der Waals surface area contributed by atoms with E-state index in [-0.39, 0.29) is 0 Å². The molecule has 0 N–H and O–H groups in total. The lowest BCUT2D eigenvalue weighted by molar-refractivity contribution is 1.07. The Labute approximate surface area is 142 Å². The van der Waals surface area contributed by atoms with E-state index in [1.165, 1.54) is 5.56 Å². The van der Waals surface area contributed by atoms with Crippen LogP contribution >= 0.6 is 11.6 Å². The highest BCUT2D eigenvalue weighted by molar-refractivity contribution is 6.30. The molecule has 0 radical (unpaired) electrons. The smallest absolute Gasteiger partial charge is 0.0723 e. The number of hydrogen-bond acceptors (Lipinski definition) is 1. The van der Waals surface area contributed by atoms with Crippen molar-refractivity contribution >= 4 is 17.3 Å². The molecular formula is C21H18ClN. The number of hydrogen-bond donors (Lipinski definition) is 0. The molecule has 0 unspecified atom stereocenters. The first-order valence-electron chi connectivity index (χ1n) is 7.64. The lowest BCUT2D eigenvalue weighted by atomic mass is 10.0. The fourth-order valence-electron chi connectivity index (χ4n) is 2.42. The van der Waals surface area contributed by atoms with Gasteiger partial charge in [-0.15, -0.1) is 0 Å². The van der Waals surface area contributed by atoms with Crippen molar-refractivity contribution < 1.29 is 0 Å². The number of aryl methyl sites for hydroxylation is 1. The average molecular weight is 320 g/mol. The maximum absolute atomic E-state index is 5.95. The van der Waals surface area contributed by atoms with Gasteiger partial charge < -0.3 is 0 Å². The first kappa shape index (κ1) is 15.5. The molecule has 23 heavy (non-hydrogen) atoms. The van der Waals surface area contributed by atoms with Crippen molar-refractivity contribution in [3.05, 3.63) is 106 Å². The molecule has 0 bridgehead atoms. The Bertz CT molecular complexity index is 788. The van der Waals surface area contributed by atoms with Gasteiger partial charge in [0.2, 0.25) is 0 Å². The molecule has 0 spiro atoms. The molecule has 3 aromatic carbocycles. The van der Waals surface area contributed by atoms with Crippen LogP contribution in [0.4, 0.5) is 0 Å². The van der Waals surface area contributed by atoms with E-state index >= 15 is 0 Å². The zero-order valence-corrected chi connectivity index (χ0v) is 13.8. The summed E-state index contributed by atoms with van der Waals surface area (Å²) in [4.78, 5) is 4.87. The second-order valence-electron chi connectivity index (χ2n) is 5.52. The van der Waals surface area contributed by atoms with Gasteiger partial charge in [0.25, 0.3) is 0 Å². The molecule has 0 amide bonds. The summed E-state index contributed by atoms with van der Waals surface area (Å²) in [5, 5.41) is 0.750. The number of benzene rings is 3. The zero-order valence-electron chi connectivity index (χ0n) is 13.0. The van der Waals surface area contributed by atoms with Gasteiger partial charge in [0.1, 0.15) is 0 Å². The summed E-state index contributed by atoms with van der Waals surface area (Å²) in [5.74, 6) is 0. The molecule has 3 rings (SSSR count). The minimum absolute atomic E-state index is 0.634. The Morgan fingerprint density at radius 1 is 0.783 bits per heavy atom. The van der Waals surface area contributed by atoms with Crippen LogP contribution in [0.5, 0.6) is 0 Å². The highest BCUT2D eigenvalue weighted by atomic mass is 35.5. The third kappa shape index (κ3) is 4.08. The van der Waals surface area contributed by atoms with Crippen molar-refractivity contribution in [3.63, 3.8) is 0 Å². The van der Waals surface area contributed by atoms with Gasteiger partial charge in [0.05, 0.1) is 12.3 Å². The van der Waals surface area contributed by atoms with E-state index in [1.54, 1.807) is 0 Å². The van der Waals surface area contributed by atoms with Crippen LogP contribution in [0, 0.1) is 6.92 Å². The SMILES string of the molecule is Cc1ccc(C(=NCc2ccc(Cl)cc2)c2ccccc2)cc1. The van der Waals surface area contributed by atoms with E-state index in [9.17, 15) is 0 Å². The summed E-state index contributed by atoms with van der Waals surface area (Å²) < 4.78 is 0. The van der Waals surface area contributed by atoms with Crippen LogP contribution in [-0.2, 0) is 6.54 Å². The van der Waals surface area contributed by atoms with E-state index < -0.39 is 0 Å². The van der Waals surface area contributed by atoms with Crippen molar-refractivity contribution in [2.24, 2.45) is 4.99 Å². The minimum atomic E-state index is 0.634. The number of halogens is 1. The molecule has 0 fully saturated rings. The van der Waals surface area contributed by atoms with Gasteiger partial charge in [-0.25, -0.2) is 0 Å². The van der Waals surface area contributed by atoms with Crippen molar-refractivity contribution in [2.45, 2.75) is 13.5 Å². The molecule has 0 aliphatic rings. The van der Waals surface area contributed by atoms with E-state index in [2.05, 4.69) is 43.3 Å². The second-order valence-corrected chi connectivity index (χ2v) is 5.96. The molecule has 0 saturated carbocycles. The highest BCUT2D eigenvalue weighted by Crippen LogP contribution is 2.15. The quantitative estimate of drug-likeness (QED) is 0.548. The fourth-order valence-corrected chi connectivity index (χ4v) is 2.54. The van der Waals surface area contributed by atoms with Gasteiger partial charge in [-0.2, -0.15) is 0 Å². The minimum Gasteiger partial charge on any atom is -0.279 e. The molecule has 2 heteroatoms. The van der Waals surface area contributed by atoms with Crippen LogP contribution in [0.15, 0.2) is 83.9 Å². The second kappa shape index (κ2) is 7.26. The molecule has 0 aliphatic heterocycles. The molecule has 0 aromatic heterocycles. The van der Waals surface area contributed by atoms with Crippen LogP contribution in [0.3, 0.4) is 0 Å². The van der Waals surface area contributed by atoms with Gasteiger partial charge >= 0.3 is 0 Å². The molecule has 3 aromatic rings. The monoisotopic (exact) mass is 319 g/mol. The molecule has 0 aliphatic carbocycles. The van der Waals surface area contributed by atoms with Gasteiger partial charge in [-0.05, 0) is 24.6 Å². The summed E-state index contributed by atoms with van der Waals surface area (Å²) in [7, 11) is 0. The van der Waals surface area contributed by atoms with Gasteiger partial charge in [0.15, 0.2) is 0 Å². The van der Waals surface area contributed by atoms with E-state index in [0.29, 0.717) is 6.54 Å². The summed E-state index contributed by atoms with van der Waals surface area (Å²) in [6, 6.07) is 26.6. The van der Waals surface area contributed by atoms with Crippen LogP contribution < -0.4 is 0 Å². The summed E-state index contributed by atoms with van der Waals surface area (Å²) in [6.07, 6.45) is 0. The number of aliphatic imine (C=N–C) groups is 1. The van der Waals surface area contributed by atoms with Crippen molar-refractivity contribution in [2.75, 3.05) is 0 Å². The third-order valence-corrected chi connectivity index (χ3v) is 3.96. The first-order valence-corrected chi connectivity index (χ1v) is 8.01. The van der Waals surface area contributed by atoms with E-state index in [0.717, 1.165) is 27.4 Å². The standard InChI is InChI=1S/C21H18ClN/c1-16-7-11-19(12-8-16)21(18-5-3-2-4-6-18)23-15-17-9-13-20(22)14-10-17/h2-14H,15H2,1H3. The Morgan fingerprint density at radius 2 is 1.39 bits per heavy atom. The molecule has 0 heterocycles. The first-order chi connectivity index (χ1) is 11.2. The fraction of sp³-hybridized carbons (Fsp3) is 0.0952. The van der Waals surface area contributed by atoms with Gasteiger partial charge in [-0.3, -0.25) is 4.99 Å². The molecule has 0 atom stereocenters.